The molecule has 1 N–H and O–H groups in total. The van der Waals surface area contributed by atoms with Crippen molar-refractivity contribution in [1.29, 1.82) is 5.26 Å². The van der Waals surface area contributed by atoms with Gasteiger partial charge in [-0.1, -0.05) is 0 Å². The number of halogens is 1. The molecule has 1 fully saturated rings. The smallest absolute Gasteiger partial charge is 0.240 e. The van der Waals surface area contributed by atoms with Crippen molar-refractivity contribution in [3.05, 3.63) is 47.9 Å². The number of hydrogen-bond donors (Lipinski definition) is 1. The molecule has 2 aromatic rings. The number of nitriles is 1. The molecule has 0 radical (unpaired) electrons. The first kappa shape index (κ1) is 20.0. The molecular formula is C19H21FN4O3S. The zero-order valence-corrected chi connectivity index (χ0v) is 16.2. The van der Waals surface area contributed by atoms with Crippen LogP contribution in [-0.2, 0) is 10.0 Å². The summed E-state index contributed by atoms with van der Waals surface area (Å²) in [7, 11) is -2.48. The van der Waals surface area contributed by atoms with Gasteiger partial charge in [-0.15, -0.1) is 0 Å². The van der Waals surface area contributed by atoms with Crippen LogP contribution in [0.1, 0.15) is 18.4 Å². The summed E-state index contributed by atoms with van der Waals surface area (Å²) in [6.45, 7) is 1.65. The van der Waals surface area contributed by atoms with Crippen LogP contribution < -0.4 is 14.4 Å². The lowest BCUT2D eigenvalue weighted by atomic mass is 9.97. The third kappa shape index (κ3) is 4.40. The molecule has 148 valence electrons. The van der Waals surface area contributed by atoms with E-state index in [-0.39, 0.29) is 23.1 Å². The zero-order chi connectivity index (χ0) is 20.1. The largest absolute Gasteiger partial charge is 0.494 e. The Kier molecular flexibility index (Phi) is 6.11. The Labute approximate surface area is 163 Å². The number of methoxy groups -OCH3 is 1. The zero-order valence-electron chi connectivity index (χ0n) is 15.4. The van der Waals surface area contributed by atoms with Crippen molar-refractivity contribution >= 4 is 15.8 Å². The first-order chi connectivity index (χ1) is 13.4. The summed E-state index contributed by atoms with van der Waals surface area (Å²) in [5.41, 5.74) is 0.531. The third-order valence-corrected chi connectivity index (χ3v) is 6.24. The maximum absolute atomic E-state index is 13.8. The lowest BCUT2D eigenvalue weighted by Crippen LogP contribution is -2.39. The van der Waals surface area contributed by atoms with E-state index >= 15 is 0 Å². The van der Waals surface area contributed by atoms with Crippen LogP contribution in [0.2, 0.25) is 0 Å². The number of pyridine rings is 1. The number of anilines is 1. The molecule has 28 heavy (non-hydrogen) atoms. The van der Waals surface area contributed by atoms with Gasteiger partial charge in [0.2, 0.25) is 10.0 Å². The van der Waals surface area contributed by atoms with Crippen LogP contribution in [-0.4, -0.2) is 40.1 Å². The van der Waals surface area contributed by atoms with Gasteiger partial charge in [-0.3, -0.25) is 0 Å². The van der Waals surface area contributed by atoms with E-state index in [9.17, 15) is 18.1 Å². The maximum Gasteiger partial charge on any atom is 0.240 e. The molecule has 2 heterocycles. The van der Waals surface area contributed by atoms with Crippen LogP contribution in [0.15, 0.2) is 41.4 Å². The fourth-order valence-electron chi connectivity index (χ4n) is 3.21. The van der Waals surface area contributed by atoms with Gasteiger partial charge < -0.3 is 9.64 Å². The monoisotopic (exact) mass is 404 g/mol. The number of hydrogen-bond acceptors (Lipinski definition) is 6. The molecule has 0 spiro atoms. The van der Waals surface area contributed by atoms with Crippen LogP contribution in [0.3, 0.4) is 0 Å². The summed E-state index contributed by atoms with van der Waals surface area (Å²) in [6.07, 6.45) is 3.19. The van der Waals surface area contributed by atoms with Crippen LogP contribution >= 0.6 is 0 Å². The maximum atomic E-state index is 13.8. The highest BCUT2D eigenvalue weighted by molar-refractivity contribution is 7.89. The van der Waals surface area contributed by atoms with E-state index < -0.39 is 15.8 Å². The van der Waals surface area contributed by atoms with Gasteiger partial charge in [0, 0.05) is 25.8 Å². The number of sulfonamides is 1. The molecule has 1 aliphatic rings. The number of rotatable bonds is 6. The molecule has 9 heteroatoms. The van der Waals surface area contributed by atoms with Crippen LogP contribution in [0, 0.1) is 23.1 Å². The molecule has 1 saturated heterocycles. The van der Waals surface area contributed by atoms with Gasteiger partial charge in [0.25, 0.3) is 0 Å². The summed E-state index contributed by atoms with van der Waals surface area (Å²) in [6, 6.07) is 9.17. The van der Waals surface area contributed by atoms with E-state index in [1.54, 1.807) is 18.3 Å². The highest BCUT2D eigenvalue weighted by atomic mass is 32.2. The molecule has 7 nitrogen and oxygen atoms in total. The van der Waals surface area contributed by atoms with E-state index in [4.69, 9.17) is 4.74 Å². The van der Waals surface area contributed by atoms with E-state index in [0.717, 1.165) is 18.9 Å². The van der Waals surface area contributed by atoms with E-state index in [2.05, 4.69) is 15.8 Å². The lowest BCUT2D eigenvalue weighted by molar-refractivity contribution is 0.385. The van der Waals surface area contributed by atoms with Crippen molar-refractivity contribution in [2.24, 2.45) is 5.92 Å². The van der Waals surface area contributed by atoms with Gasteiger partial charge in [-0.05, 0) is 49.1 Å². The number of ether oxygens (including phenoxy) is 1. The fourth-order valence-corrected chi connectivity index (χ4v) is 4.34. The van der Waals surface area contributed by atoms with Crippen LogP contribution in [0.4, 0.5) is 10.2 Å². The van der Waals surface area contributed by atoms with Crippen molar-refractivity contribution in [3.8, 4) is 11.8 Å². The Morgan fingerprint density at radius 2 is 2.11 bits per heavy atom. The van der Waals surface area contributed by atoms with Gasteiger partial charge in [-0.2, -0.15) is 5.26 Å². The molecule has 0 unspecified atom stereocenters. The molecule has 0 aliphatic carbocycles. The third-order valence-electron chi connectivity index (χ3n) is 4.82. The Bertz CT molecular complexity index is 983. The van der Waals surface area contributed by atoms with Gasteiger partial charge >= 0.3 is 0 Å². The SMILES string of the molecule is COc1ccc(S(=O)(=O)NCC2CCN(c3ncccc3C#N)CC2)cc1F. The Balaban J connectivity index is 1.58. The van der Waals surface area contributed by atoms with Crippen LogP contribution in [0.25, 0.3) is 0 Å². The molecule has 0 atom stereocenters. The number of nitrogens with one attached hydrogen (secondary N) is 1. The van der Waals surface area contributed by atoms with Crippen molar-refractivity contribution in [2.75, 3.05) is 31.6 Å². The first-order valence-electron chi connectivity index (χ1n) is 8.88. The summed E-state index contributed by atoms with van der Waals surface area (Å²) < 4.78 is 46.0. The first-order valence-corrected chi connectivity index (χ1v) is 10.4. The van der Waals surface area contributed by atoms with E-state index in [0.29, 0.717) is 24.5 Å². The average Bonchev–Trinajstić information content (AvgIpc) is 2.72. The second-order valence-electron chi connectivity index (χ2n) is 6.57. The molecule has 1 aromatic carbocycles. The predicted molar refractivity (Wildman–Crippen MR) is 102 cm³/mol. The highest BCUT2D eigenvalue weighted by Crippen LogP contribution is 2.25. The number of aromatic nitrogens is 1. The van der Waals surface area contributed by atoms with Gasteiger partial charge in [-0.25, -0.2) is 22.5 Å². The minimum Gasteiger partial charge on any atom is -0.494 e. The van der Waals surface area contributed by atoms with Crippen molar-refractivity contribution in [3.63, 3.8) is 0 Å². The predicted octanol–water partition coefficient (Wildman–Crippen LogP) is 2.30. The van der Waals surface area contributed by atoms with Crippen molar-refractivity contribution in [2.45, 2.75) is 17.7 Å². The second-order valence-corrected chi connectivity index (χ2v) is 8.33. The minimum absolute atomic E-state index is 0.00224. The highest BCUT2D eigenvalue weighted by Gasteiger charge is 2.24. The fraction of sp³-hybridized carbons (Fsp3) is 0.368. The van der Waals surface area contributed by atoms with Gasteiger partial charge in [0.1, 0.15) is 11.9 Å². The summed E-state index contributed by atoms with van der Waals surface area (Å²) in [5.74, 6) is 0.0982. The Hall–Kier alpha value is -2.70. The molecule has 0 saturated carbocycles. The van der Waals surface area contributed by atoms with Crippen molar-refractivity contribution < 1.29 is 17.5 Å². The van der Waals surface area contributed by atoms with Crippen LogP contribution in [0.5, 0.6) is 5.75 Å². The number of benzene rings is 1. The summed E-state index contributed by atoms with van der Waals surface area (Å²) >= 11 is 0. The van der Waals surface area contributed by atoms with Gasteiger partial charge in [0.05, 0.1) is 17.6 Å². The minimum atomic E-state index is -3.80. The lowest BCUT2D eigenvalue weighted by Gasteiger charge is -2.33. The molecule has 1 aromatic heterocycles. The standard InChI is InChI=1S/C19H21FN4O3S/c1-27-18-5-4-16(11-17(18)20)28(25,26)23-13-14-6-9-24(10-7-14)19-15(12-21)3-2-8-22-19/h2-5,8,11,14,23H,6-7,9-10,13H2,1H3. The van der Waals surface area contributed by atoms with Crippen molar-refractivity contribution in [1.82, 2.24) is 9.71 Å². The Morgan fingerprint density at radius 1 is 1.36 bits per heavy atom. The molecule has 1 aliphatic heterocycles. The number of piperidine rings is 1. The molecule has 0 amide bonds. The summed E-state index contributed by atoms with van der Waals surface area (Å²) in [5, 5.41) is 9.21. The van der Waals surface area contributed by atoms with Gasteiger partial charge in [0.15, 0.2) is 11.6 Å². The Morgan fingerprint density at radius 3 is 2.75 bits per heavy atom. The average molecular weight is 404 g/mol. The number of nitrogens with zero attached hydrogens (tertiary/aromatic N) is 3. The summed E-state index contributed by atoms with van der Waals surface area (Å²) in [4.78, 5) is 6.21. The quantitative estimate of drug-likeness (QED) is 0.794. The topological polar surface area (TPSA) is 95.3 Å². The van der Waals surface area contributed by atoms with E-state index in [1.165, 1.54) is 19.2 Å². The molecular weight excluding hydrogens is 383 g/mol. The molecule has 3 rings (SSSR count). The normalized spacial score (nSPS) is 15.2. The second kappa shape index (κ2) is 8.54. The molecule has 0 bridgehead atoms. The van der Waals surface area contributed by atoms with E-state index in [1.807, 2.05) is 4.90 Å².